The quantitative estimate of drug-likeness (QED) is 0.850. The maximum absolute atomic E-state index is 11.8. The van der Waals surface area contributed by atoms with Crippen LogP contribution in [0, 0.1) is 13.8 Å². The van der Waals surface area contributed by atoms with Gasteiger partial charge in [0.1, 0.15) is 6.54 Å². The van der Waals surface area contributed by atoms with Crippen LogP contribution in [0.3, 0.4) is 0 Å². The van der Waals surface area contributed by atoms with Crippen LogP contribution < -0.4 is 11.1 Å². The SMILES string of the molecule is Cc1nn(CC(=O)NCc2ccccn2)c(C)c1N. The molecule has 6 heteroatoms. The zero-order valence-electron chi connectivity index (χ0n) is 11.1. The third-order valence-corrected chi connectivity index (χ3v) is 2.92. The lowest BCUT2D eigenvalue weighted by atomic mass is 10.3. The third-order valence-electron chi connectivity index (χ3n) is 2.92. The number of carbonyl (C=O) groups is 1. The van der Waals surface area contributed by atoms with E-state index in [1.807, 2.05) is 32.0 Å². The van der Waals surface area contributed by atoms with Crippen LogP contribution in [0.1, 0.15) is 17.1 Å². The van der Waals surface area contributed by atoms with Crippen molar-refractivity contribution >= 4 is 11.6 Å². The second kappa shape index (κ2) is 5.51. The Kier molecular flexibility index (Phi) is 3.79. The number of rotatable bonds is 4. The number of nitrogens with two attached hydrogens (primary N) is 1. The molecule has 3 N–H and O–H groups in total. The van der Waals surface area contributed by atoms with E-state index in [4.69, 9.17) is 5.73 Å². The Balaban J connectivity index is 1.93. The summed E-state index contributed by atoms with van der Waals surface area (Å²) < 4.78 is 1.61. The topological polar surface area (TPSA) is 85.8 Å². The summed E-state index contributed by atoms with van der Waals surface area (Å²) in [5.74, 6) is -0.115. The zero-order valence-corrected chi connectivity index (χ0v) is 11.1. The highest BCUT2D eigenvalue weighted by Crippen LogP contribution is 2.14. The van der Waals surface area contributed by atoms with E-state index in [1.165, 1.54) is 0 Å². The number of aryl methyl sites for hydroxylation is 1. The lowest BCUT2D eigenvalue weighted by molar-refractivity contribution is -0.122. The van der Waals surface area contributed by atoms with Gasteiger partial charge in [0.05, 0.1) is 29.3 Å². The van der Waals surface area contributed by atoms with Crippen LogP contribution in [0.25, 0.3) is 0 Å². The van der Waals surface area contributed by atoms with Crippen molar-refractivity contribution in [2.45, 2.75) is 26.9 Å². The fourth-order valence-electron chi connectivity index (χ4n) is 1.75. The van der Waals surface area contributed by atoms with Crippen molar-refractivity contribution in [3.05, 3.63) is 41.5 Å². The molecule has 0 aliphatic carbocycles. The number of hydrogen-bond acceptors (Lipinski definition) is 4. The number of aromatic nitrogens is 3. The molecule has 2 heterocycles. The molecule has 1 amide bonds. The monoisotopic (exact) mass is 259 g/mol. The van der Waals surface area contributed by atoms with Crippen molar-refractivity contribution in [2.75, 3.05) is 5.73 Å². The molecule has 0 aliphatic rings. The molecule has 0 spiro atoms. The van der Waals surface area contributed by atoms with Crippen LogP contribution in [-0.2, 0) is 17.9 Å². The van der Waals surface area contributed by atoms with Crippen LogP contribution in [0.15, 0.2) is 24.4 Å². The Bertz CT molecular complexity index is 576. The highest BCUT2D eigenvalue weighted by molar-refractivity contribution is 5.75. The highest BCUT2D eigenvalue weighted by atomic mass is 16.2. The molecule has 0 saturated carbocycles. The Morgan fingerprint density at radius 1 is 1.42 bits per heavy atom. The van der Waals surface area contributed by atoms with Gasteiger partial charge in [-0.15, -0.1) is 0 Å². The van der Waals surface area contributed by atoms with Gasteiger partial charge in [-0.2, -0.15) is 5.10 Å². The molecule has 2 aromatic rings. The maximum atomic E-state index is 11.8. The highest BCUT2D eigenvalue weighted by Gasteiger charge is 2.11. The summed E-state index contributed by atoms with van der Waals surface area (Å²) in [6.45, 7) is 4.25. The number of hydrogen-bond donors (Lipinski definition) is 2. The van der Waals surface area contributed by atoms with Crippen molar-refractivity contribution in [1.82, 2.24) is 20.1 Å². The third kappa shape index (κ3) is 3.09. The molecule has 0 fully saturated rings. The molecule has 0 atom stereocenters. The van der Waals surface area contributed by atoms with Crippen molar-refractivity contribution in [2.24, 2.45) is 0 Å². The summed E-state index contributed by atoms with van der Waals surface area (Å²) in [7, 11) is 0. The molecule has 0 aliphatic heterocycles. The first-order chi connectivity index (χ1) is 9.08. The van der Waals surface area contributed by atoms with E-state index < -0.39 is 0 Å². The second-order valence-corrected chi connectivity index (χ2v) is 4.34. The van der Waals surface area contributed by atoms with Gasteiger partial charge in [-0.3, -0.25) is 14.5 Å². The minimum Gasteiger partial charge on any atom is -0.396 e. The fourth-order valence-corrected chi connectivity index (χ4v) is 1.75. The van der Waals surface area contributed by atoms with E-state index in [1.54, 1.807) is 10.9 Å². The Hall–Kier alpha value is -2.37. The second-order valence-electron chi connectivity index (χ2n) is 4.34. The maximum Gasteiger partial charge on any atom is 0.242 e. The predicted octanol–water partition coefficient (Wildman–Crippen LogP) is 0.794. The van der Waals surface area contributed by atoms with Gasteiger partial charge in [0.15, 0.2) is 0 Å². The number of pyridine rings is 1. The summed E-state index contributed by atoms with van der Waals surface area (Å²) in [6, 6.07) is 5.59. The number of nitrogens with zero attached hydrogens (tertiary/aromatic N) is 3. The molecular formula is C13H17N5O. The van der Waals surface area contributed by atoms with E-state index in [2.05, 4.69) is 15.4 Å². The summed E-state index contributed by atoms with van der Waals surface area (Å²) in [6.07, 6.45) is 1.70. The van der Waals surface area contributed by atoms with Gasteiger partial charge in [-0.05, 0) is 26.0 Å². The molecule has 100 valence electrons. The minimum absolute atomic E-state index is 0.115. The van der Waals surface area contributed by atoms with E-state index in [0.717, 1.165) is 17.1 Å². The summed E-state index contributed by atoms with van der Waals surface area (Å²) in [5.41, 5.74) is 8.83. The number of nitrogen functional groups attached to an aromatic ring is 1. The predicted molar refractivity (Wildman–Crippen MR) is 72.2 cm³/mol. The van der Waals surface area contributed by atoms with Crippen LogP contribution in [-0.4, -0.2) is 20.7 Å². The molecule has 2 rings (SSSR count). The smallest absolute Gasteiger partial charge is 0.242 e. The van der Waals surface area contributed by atoms with Gasteiger partial charge in [-0.25, -0.2) is 0 Å². The van der Waals surface area contributed by atoms with Crippen LogP contribution in [0.2, 0.25) is 0 Å². The van der Waals surface area contributed by atoms with Crippen molar-refractivity contribution in [3.63, 3.8) is 0 Å². The van der Waals surface area contributed by atoms with E-state index >= 15 is 0 Å². The lowest BCUT2D eigenvalue weighted by Crippen LogP contribution is -2.28. The van der Waals surface area contributed by atoms with Crippen molar-refractivity contribution in [3.8, 4) is 0 Å². The first-order valence-electron chi connectivity index (χ1n) is 6.04. The lowest BCUT2D eigenvalue weighted by Gasteiger charge is -2.06. The van der Waals surface area contributed by atoms with Crippen molar-refractivity contribution < 1.29 is 4.79 Å². The van der Waals surface area contributed by atoms with E-state index in [9.17, 15) is 4.79 Å². The summed E-state index contributed by atoms with van der Waals surface area (Å²) in [4.78, 5) is 16.0. The van der Waals surface area contributed by atoms with Crippen LogP contribution in [0.5, 0.6) is 0 Å². The van der Waals surface area contributed by atoms with E-state index in [-0.39, 0.29) is 12.5 Å². The standard InChI is InChI=1S/C13H17N5O/c1-9-13(14)10(2)18(17-9)8-12(19)16-7-11-5-3-4-6-15-11/h3-6H,7-8,14H2,1-2H3,(H,16,19). The molecule has 6 nitrogen and oxygen atoms in total. The van der Waals surface area contributed by atoms with Gasteiger partial charge in [0, 0.05) is 6.20 Å². The summed E-state index contributed by atoms with van der Waals surface area (Å²) in [5, 5.41) is 7.02. The Morgan fingerprint density at radius 3 is 2.79 bits per heavy atom. The van der Waals surface area contributed by atoms with Gasteiger partial charge in [-0.1, -0.05) is 6.07 Å². The van der Waals surface area contributed by atoms with Gasteiger partial charge >= 0.3 is 0 Å². The minimum atomic E-state index is -0.115. The molecule has 19 heavy (non-hydrogen) atoms. The Labute approximate surface area is 111 Å². The first kappa shape index (κ1) is 13.1. The van der Waals surface area contributed by atoms with Gasteiger partial charge in [0.25, 0.3) is 0 Å². The van der Waals surface area contributed by atoms with Crippen LogP contribution >= 0.6 is 0 Å². The molecule has 0 radical (unpaired) electrons. The number of amides is 1. The van der Waals surface area contributed by atoms with Crippen molar-refractivity contribution in [1.29, 1.82) is 0 Å². The van der Waals surface area contributed by atoms with Gasteiger partial charge < -0.3 is 11.1 Å². The molecular weight excluding hydrogens is 242 g/mol. The van der Waals surface area contributed by atoms with Crippen LogP contribution in [0.4, 0.5) is 5.69 Å². The number of nitrogens with one attached hydrogen (secondary N) is 1. The zero-order chi connectivity index (χ0) is 13.8. The number of carbonyl (C=O) groups excluding carboxylic acids is 1. The fraction of sp³-hybridized carbons (Fsp3) is 0.308. The molecule has 2 aromatic heterocycles. The summed E-state index contributed by atoms with van der Waals surface area (Å²) >= 11 is 0. The Morgan fingerprint density at radius 2 is 2.21 bits per heavy atom. The van der Waals surface area contributed by atoms with Gasteiger partial charge in [0.2, 0.25) is 5.91 Å². The normalized spacial score (nSPS) is 10.4. The molecule has 0 aromatic carbocycles. The van der Waals surface area contributed by atoms with E-state index in [0.29, 0.717) is 12.2 Å². The number of anilines is 1. The average molecular weight is 259 g/mol. The first-order valence-corrected chi connectivity index (χ1v) is 6.04. The largest absolute Gasteiger partial charge is 0.396 e. The molecule has 0 bridgehead atoms. The molecule has 0 unspecified atom stereocenters. The average Bonchev–Trinajstić information content (AvgIpc) is 2.65. The molecule has 0 saturated heterocycles.